The second-order valence-electron chi connectivity index (χ2n) is 4.68. The van der Waals surface area contributed by atoms with Crippen LogP contribution in [0.2, 0.25) is 0 Å². The number of nitro groups is 1. The summed E-state index contributed by atoms with van der Waals surface area (Å²) >= 11 is 0. The summed E-state index contributed by atoms with van der Waals surface area (Å²) in [6.45, 7) is 3.36. The Bertz CT molecular complexity index is 486. The highest BCUT2D eigenvalue weighted by molar-refractivity contribution is 5.80. The molecule has 1 aromatic carbocycles. The van der Waals surface area contributed by atoms with E-state index in [0.717, 1.165) is 5.56 Å². The van der Waals surface area contributed by atoms with Gasteiger partial charge in [-0.25, -0.2) is 0 Å². The third-order valence-electron chi connectivity index (χ3n) is 3.36. The molecule has 0 spiro atoms. The fourth-order valence-corrected chi connectivity index (χ4v) is 2.04. The summed E-state index contributed by atoms with van der Waals surface area (Å²) in [5, 5.41) is 16.8. The van der Waals surface area contributed by atoms with Gasteiger partial charge in [0.15, 0.2) is 0 Å². The third-order valence-corrected chi connectivity index (χ3v) is 3.36. The van der Waals surface area contributed by atoms with Gasteiger partial charge in [-0.3, -0.25) is 14.9 Å². The number of amides is 1. The summed E-state index contributed by atoms with van der Waals surface area (Å²) in [4.78, 5) is 22.2. The Balaban J connectivity index is 2.09. The van der Waals surface area contributed by atoms with E-state index in [9.17, 15) is 14.9 Å². The van der Waals surface area contributed by atoms with Crippen LogP contribution in [0.5, 0.6) is 0 Å². The van der Waals surface area contributed by atoms with E-state index in [1.807, 2.05) is 6.92 Å². The molecule has 0 aromatic heterocycles. The quantitative estimate of drug-likeness (QED) is 0.621. The van der Waals surface area contributed by atoms with Gasteiger partial charge < -0.3 is 10.6 Å². The largest absolute Gasteiger partial charge is 0.349 e. The lowest BCUT2D eigenvalue weighted by molar-refractivity contribution is -0.384. The molecule has 1 heterocycles. The van der Waals surface area contributed by atoms with Gasteiger partial charge in [-0.1, -0.05) is 19.1 Å². The Morgan fingerprint density at radius 3 is 2.84 bits per heavy atom. The van der Waals surface area contributed by atoms with E-state index >= 15 is 0 Å². The lowest BCUT2D eigenvalue weighted by Crippen LogP contribution is -2.51. The van der Waals surface area contributed by atoms with Crippen molar-refractivity contribution in [2.45, 2.75) is 19.4 Å². The van der Waals surface area contributed by atoms with Gasteiger partial charge in [-0.15, -0.1) is 0 Å². The van der Waals surface area contributed by atoms with E-state index in [0.29, 0.717) is 19.5 Å². The van der Waals surface area contributed by atoms with Crippen LogP contribution >= 0.6 is 0 Å². The monoisotopic (exact) mass is 263 g/mol. The van der Waals surface area contributed by atoms with Gasteiger partial charge in [0, 0.05) is 25.2 Å². The van der Waals surface area contributed by atoms with Gasteiger partial charge >= 0.3 is 0 Å². The molecule has 6 heteroatoms. The van der Waals surface area contributed by atoms with Crippen LogP contribution in [-0.4, -0.2) is 23.9 Å². The molecule has 1 atom stereocenters. The highest BCUT2D eigenvalue weighted by Crippen LogP contribution is 2.22. The smallest absolute Gasteiger partial charge is 0.269 e. The van der Waals surface area contributed by atoms with Gasteiger partial charge in [0.25, 0.3) is 5.69 Å². The number of rotatable bonds is 5. The van der Waals surface area contributed by atoms with E-state index in [1.54, 1.807) is 12.1 Å². The molecule has 1 unspecified atom stereocenters. The van der Waals surface area contributed by atoms with Crippen molar-refractivity contribution in [3.8, 4) is 0 Å². The van der Waals surface area contributed by atoms with Crippen molar-refractivity contribution < 1.29 is 9.72 Å². The Morgan fingerprint density at radius 2 is 2.32 bits per heavy atom. The maximum Gasteiger partial charge on any atom is 0.269 e. The van der Waals surface area contributed by atoms with Gasteiger partial charge in [0.2, 0.25) is 5.91 Å². The molecule has 1 amide bonds. The second-order valence-corrected chi connectivity index (χ2v) is 4.68. The van der Waals surface area contributed by atoms with Crippen molar-refractivity contribution in [3.63, 3.8) is 0 Å². The van der Waals surface area contributed by atoms with E-state index in [1.165, 1.54) is 12.1 Å². The standard InChI is InChI=1S/C13H17N3O3/c1-2-12(15-13(17)10-7-14-8-10)9-4-3-5-11(6-9)16(18)19/h3-6,10,12,14H,2,7-8H2,1H3,(H,15,17). The number of hydrogen-bond donors (Lipinski definition) is 2. The van der Waals surface area contributed by atoms with E-state index < -0.39 is 4.92 Å². The van der Waals surface area contributed by atoms with Crippen LogP contribution in [0.15, 0.2) is 24.3 Å². The second kappa shape index (κ2) is 5.79. The molecule has 0 bridgehead atoms. The minimum atomic E-state index is -0.423. The predicted molar refractivity (Wildman–Crippen MR) is 70.6 cm³/mol. The number of carbonyl (C=O) groups is 1. The number of benzene rings is 1. The molecule has 0 radical (unpaired) electrons. The first kappa shape index (κ1) is 13.5. The zero-order valence-corrected chi connectivity index (χ0v) is 10.8. The lowest BCUT2D eigenvalue weighted by atomic mass is 9.99. The molecule has 1 saturated heterocycles. The first-order valence-electron chi connectivity index (χ1n) is 6.37. The van der Waals surface area contributed by atoms with Crippen molar-refractivity contribution >= 4 is 11.6 Å². The average Bonchev–Trinajstić information content (AvgIpc) is 2.34. The molecule has 0 saturated carbocycles. The molecule has 1 aliphatic rings. The van der Waals surface area contributed by atoms with Crippen molar-refractivity contribution in [2.75, 3.05) is 13.1 Å². The minimum absolute atomic E-state index is 0.0112. The summed E-state index contributed by atoms with van der Waals surface area (Å²) in [5.41, 5.74) is 0.827. The Labute approximate surface area is 111 Å². The highest BCUT2D eigenvalue weighted by Gasteiger charge is 2.26. The zero-order chi connectivity index (χ0) is 13.8. The number of nitrogens with one attached hydrogen (secondary N) is 2. The summed E-state index contributed by atoms with van der Waals surface area (Å²) in [7, 11) is 0. The van der Waals surface area contributed by atoms with E-state index in [4.69, 9.17) is 0 Å². The summed E-state index contributed by atoms with van der Waals surface area (Å²) in [5.74, 6) is 0.0323. The van der Waals surface area contributed by atoms with Crippen molar-refractivity contribution in [2.24, 2.45) is 5.92 Å². The molecular weight excluding hydrogens is 246 g/mol. The first-order valence-corrected chi connectivity index (χ1v) is 6.37. The Hall–Kier alpha value is -1.95. The maximum absolute atomic E-state index is 11.9. The van der Waals surface area contributed by atoms with Gasteiger partial charge in [0.05, 0.1) is 16.9 Å². The van der Waals surface area contributed by atoms with Crippen molar-refractivity contribution in [1.82, 2.24) is 10.6 Å². The highest BCUT2D eigenvalue weighted by atomic mass is 16.6. The molecule has 1 aliphatic heterocycles. The molecular formula is C13H17N3O3. The number of non-ortho nitro benzene ring substituents is 1. The number of nitro benzene ring substituents is 1. The molecule has 102 valence electrons. The van der Waals surface area contributed by atoms with Gasteiger partial charge in [0.1, 0.15) is 0 Å². The van der Waals surface area contributed by atoms with E-state index in [-0.39, 0.29) is 23.6 Å². The summed E-state index contributed by atoms with van der Waals surface area (Å²) in [6.07, 6.45) is 0.701. The van der Waals surface area contributed by atoms with Crippen molar-refractivity contribution in [3.05, 3.63) is 39.9 Å². The fourth-order valence-electron chi connectivity index (χ4n) is 2.04. The SMILES string of the molecule is CCC(NC(=O)C1CNC1)c1cccc([N+](=O)[O-])c1. The van der Waals surface area contributed by atoms with Crippen LogP contribution in [0.25, 0.3) is 0 Å². The number of carbonyl (C=O) groups excluding carboxylic acids is 1. The Kier molecular flexibility index (Phi) is 4.11. The normalized spacial score (nSPS) is 16.5. The zero-order valence-electron chi connectivity index (χ0n) is 10.8. The van der Waals surface area contributed by atoms with E-state index in [2.05, 4.69) is 10.6 Å². The molecule has 1 aromatic rings. The van der Waals surface area contributed by atoms with Crippen LogP contribution < -0.4 is 10.6 Å². The molecule has 2 N–H and O–H groups in total. The average molecular weight is 263 g/mol. The van der Waals surface area contributed by atoms with Crippen LogP contribution in [0.1, 0.15) is 24.9 Å². The lowest BCUT2D eigenvalue weighted by Gasteiger charge is -2.28. The Morgan fingerprint density at radius 1 is 1.58 bits per heavy atom. The maximum atomic E-state index is 11.9. The van der Waals surface area contributed by atoms with Crippen LogP contribution in [-0.2, 0) is 4.79 Å². The molecule has 1 fully saturated rings. The topological polar surface area (TPSA) is 84.3 Å². The van der Waals surface area contributed by atoms with Crippen LogP contribution in [0, 0.1) is 16.0 Å². The summed E-state index contributed by atoms with van der Waals surface area (Å²) in [6, 6.07) is 6.25. The molecule has 0 aliphatic carbocycles. The fraction of sp³-hybridized carbons (Fsp3) is 0.462. The predicted octanol–water partition coefficient (Wildman–Crippen LogP) is 1.38. The van der Waals surface area contributed by atoms with Gasteiger partial charge in [-0.2, -0.15) is 0 Å². The molecule has 19 heavy (non-hydrogen) atoms. The van der Waals surface area contributed by atoms with Gasteiger partial charge in [-0.05, 0) is 12.0 Å². The first-order chi connectivity index (χ1) is 9.11. The number of nitrogens with zero attached hydrogens (tertiary/aromatic N) is 1. The van der Waals surface area contributed by atoms with Crippen LogP contribution in [0.4, 0.5) is 5.69 Å². The van der Waals surface area contributed by atoms with Crippen molar-refractivity contribution in [1.29, 1.82) is 0 Å². The third kappa shape index (κ3) is 3.08. The van der Waals surface area contributed by atoms with Crippen LogP contribution in [0.3, 0.4) is 0 Å². The summed E-state index contributed by atoms with van der Waals surface area (Å²) < 4.78 is 0. The minimum Gasteiger partial charge on any atom is -0.349 e. The molecule has 6 nitrogen and oxygen atoms in total. The number of hydrogen-bond acceptors (Lipinski definition) is 4. The molecule has 2 rings (SSSR count).